The summed E-state index contributed by atoms with van der Waals surface area (Å²) < 4.78 is 1.48. The molecule has 2 aromatic heterocycles. The van der Waals surface area contributed by atoms with E-state index in [0.717, 1.165) is 16.8 Å². The van der Waals surface area contributed by atoms with Crippen molar-refractivity contribution in [3.8, 4) is 0 Å². The molecule has 0 saturated heterocycles. The Kier molecular flexibility index (Phi) is 3.63. The van der Waals surface area contributed by atoms with E-state index in [2.05, 4.69) is 30.7 Å². The summed E-state index contributed by atoms with van der Waals surface area (Å²) >= 11 is 6.38. The minimum absolute atomic E-state index is 0.143. The van der Waals surface area contributed by atoms with Crippen molar-refractivity contribution in [3.05, 3.63) is 33.0 Å². The maximum absolute atomic E-state index is 12.0. The average molecular weight is 294 g/mol. The van der Waals surface area contributed by atoms with Crippen LogP contribution in [0.1, 0.15) is 51.9 Å². The Balaban J connectivity index is 2.95. The summed E-state index contributed by atoms with van der Waals surface area (Å²) in [6, 6.07) is 1.88. The van der Waals surface area contributed by atoms with Gasteiger partial charge in [-0.25, -0.2) is 9.78 Å². The van der Waals surface area contributed by atoms with Crippen molar-refractivity contribution in [3.63, 3.8) is 0 Å². The third-order valence-electron chi connectivity index (χ3n) is 3.31. The molecule has 0 amide bonds. The number of fused-ring (bicyclic) bond motifs is 1. The Morgan fingerprint density at radius 3 is 2.35 bits per heavy atom. The lowest BCUT2D eigenvalue weighted by atomic mass is 9.91. The molecule has 2 heterocycles. The lowest BCUT2D eigenvalue weighted by molar-refractivity contribution is 0.569. The topological polar surface area (TPSA) is 47.8 Å². The van der Waals surface area contributed by atoms with Gasteiger partial charge in [0.05, 0.1) is 16.4 Å². The molecule has 0 unspecified atom stereocenters. The molecule has 0 atom stereocenters. The molecule has 5 heteroatoms. The van der Waals surface area contributed by atoms with Gasteiger partial charge in [-0.1, -0.05) is 46.2 Å². The average Bonchev–Trinajstić information content (AvgIpc) is 2.31. The van der Waals surface area contributed by atoms with Crippen LogP contribution in [-0.2, 0) is 12.5 Å². The standard InChI is InChI=1S/C15H20ClN3O/c1-8(2)11-9-7-10(16)12(15(3,4)5)18-13(9)19(6)14(20)17-11/h7-8H,1-6H3. The van der Waals surface area contributed by atoms with Gasteiger partial charge in [-0.15, -0.1) is 0 Å². The zero-order valence-electron chi connectivity index (χ0n) is 12.8. The number of pyridine rings is 1. The molecular formula is C15H20ClN3O. The van der Waals surface area contributed by atoms with Gasteiger partial charge in [0.2, 0.25) is 0 Å². The summed E-state index contributed by atoms with van der Waals surface area (Å²) in [5.41, 5.74) is 1.72. The molecule has 0 fully saturated rings. The number of hydrogen-bond acceptors (Lipinski definition) is 3. The maximum Gasteiger partial charge on any atom is 0.349 e. The summed E-state index contributed by atoms with van der Waals surface area (Å²) in [6.45, 7) is 10.2. The van der Waals surface area contributed by atoms with Crippen LogP contribution in [0.4, 0.5) is 0 Å². The van der Waals surface area contributed by atoms with E-state index in [1.165, 1.54) is 4.57 Å². The first-order valence-electron chi connectivity index (χ1n) is 6.70. The summed E-state index contributed by atoms with van der Waals surface area (Å²) in [4.78, 5) is 20.8. The van der Waals surface area contributed by atoms with E-state index in [4.69, 9.17) is 11.6 Å². The normalized spacial score (nSPS) is 12.4. The van der Waals surface area contributed by atoms with Crippen LogP contribution in [0, 0.1) is 0 Å². The van der Waals surface area contributed by atoms with Gasteiger partial charge in [-0.2, -0.15) is 4.98 Å². The van der Waals surface area contributed by atoms with Gasteiger partial charge >= 0.3 is 5.69 Å². The van der Waals surface area contributed by atoms with Gasteiger partial charge < -0.3 is 0 Å². The Bertz CT molecular complexity index is 726. The van der Waals surface area contributed by atoms with E-state index in [-0.39, 0.29) is 17.0 Å². The smallest absolute Gasteiger partial charge is 0.279 e. The molecule has 0 bridgehead atoms. The van der Waals surface area contributed by atoms with Crippen molar-refractivity contribution in [1.82, 2.24) is 14.5 Å². The molecule has 0 aliphatic rings. The van der Waals surface area contributed by atoms with Crippen molar-refractivity contribution in [1.29, 1.82) is 0 Å². The number of hydrogen-bond donors (Lipinski definition) is 0. The largest absolute Gasteiger partial charge is 0.349 e. The summed E-state index contributed by atoms with van der Waals surface area (Å²) in [5.74, 6) is 0.143. The van der Waals surface area contributed by atoms with Crippen LogP contribution in [0.3, 0.4) is 0 Å². The molecule has 2 aromatic rings. The van der Waals surface area contributed by atoms with Crippen molar-refractivity contribution in [2.75, 3.05) is 0 Å². The van der Waals surface area contributed by atoms with Crippen LogP contribution in [0.25, 0.3) is 11.0 Å². The van der Waals surface area contributed by atoms with Gasteiger partial charge in [-0.3, -0.25) is 4.57 Å². The van der Waals surface area contributed by atoms with Crippen LogP contribution in [-0.4, -0.2) is 14.5 Å². The third-order valence-corrected chi connectivity index (χ3v) is 3.60. The Hall–Kier alpha value is -1.42. The van der Waals surface area contributed by atoms with E-state index >= 15 is 0 Å². The van der Waals surface area contributed by atoms with Gasteiger partial charge in [0, 0.05) is 17.8 Å². The highest BCUT2D eigenvalue weighted by Gasteiger charge is 2.22. The molecule has 2 rings (SSSR count). The van der Waals surface area contributed by atoms with Crippen LogP contribution in [0.2, 0.25) is 5.02 Å². The van der Waals surface area contributed by atoms with Crippen LogP contribution in [0.15, 0.2) is 10.9 Å². The molecule has 0 aromatic carbocycles. The Labute approximate surface area is 123 Å². The highest BCUT2D eigenvalue weighted by Crippen LogP contribution is 2.31. The second-order valence-electron chi connectivity index (χ2n) is 6.43. The molecule has 108 valence electrons. The minimum atomic E-state index is -0.282. The minimum Gasteiger partial charge on any atom is -0.279 e. The Morgan fingerprint density at radius 1 is 1.25 bits per heavy atom. The van der Waals surface area contributed by atoms with E-state index in [9.17, 15) is 4.79 Å². The first kappa shape index (κ1) is 15.0. The van der Waals surface area contributed by atoms with Gasteiger partial charge in [-0.05, 0) is 12.0 Å². The molecule has 4 nitrogen and oxygen atoms in total. The SMILES string of the molecule is CC(C)c1nc(=O)n(C)c2nc(C(C)(C)C)c(Cl)cc12. The van der Waals surface area contributed by atoms with E-state index in [0.29, 0.717) is 10.7 Å². The van der Waals surface area contributed by atoms with Crippen LogP contribution in [0.5, 0.6) is 0 Å². The summed E-state index contributed by atoms with van der Waals surface area (Å²) in [6.07, 6.45) is 0. The second kappa shape index (κ2) is 4.85. The highest BCUT2D eigenvalue weighted by atomic mass is 35.5. The highest BCUT2D eigenvalue weighted by molar-refractivity contribution is 6.32. The van der Waals surface area contributed by atoms with Gasteiger partial charge in [0.1, 0.15) is 5.65 Å². The first-order valence-corrected chi connectivity index (χ1v) is 7.08. The van der Waals surface area contributed by atoms with E-state index in [1.807, 2.05) is 19.9 Å². The van der Waals surface area contributed by atoms with Gasteiger partial charge in [0.25, 0.3) is 0 Å². The summed E-state index contributed by atoms with van der Waals surface area (Å²) in [5, 5.41) is 1.47. The fourth-order valence-electron chi connectivity index (χ4n) is 2.22. The van der Waals surface area contributed by atoms with Crippen LogP contribution >= 0.6 is 11.6 Å². The zero-order chi connectivity index (χ0) is 15.2. The quantitative estimate of drug-likeness (QED) is 0.809. The molecule has 0 aliphatic heterocycles. The number of aromatic nitrogens is 3. The van der Waals surface area contributed by atoms with Crippen LogP contribution < -0.4 is 5.69 Å². The predicted octanol–water partition coefficient (Wildman–Crippen LogP) is 3.40. The van der Waals surface area contributed by atoms with E-state index in [1.54, 1.807) is 7.05 Å². The van der Waals surface area contributed by atoms with Gasteiger partial charge in [0.15, 0.2) is 0 Å². The number of rotatable bonds is 1. The zero-order valence-corrected chi connectivity index (χ0v) is 13.5. The Morgan fingerprint density at radius 2 is 1.85 bits per heavy atom. The fourth-order valence-corrected chi connectivity index (χ4v) is 2.65. The monoisotopic (exact) mass is 293 g/mol. The number of halogens is 1. The van der Waals surface area contributed by atoms with Crippen molar-refractivity contribution >= 4 is 22.6 Å². The lowest BCUT2D eigenvalue weighted by Crippen LogP contribution is -2.25. The molecule has 20 heavy (non-hydrogen) atoms. The first-order chi connectivity index (χ1) is 9.12. The van der Waals surface area contributed by atoms with Crippen molar-refractivity contribution in [2.45, 2.75) is 46.0 Å². The van der Waals surface area contributed by atoms with E-state index < -0.39 is 0 Å². The summed E-state index contributed by atoms with van der Waals surface area (Å²) in [7, 11) is 1.69. The third kappa shape index (κ3) is 2.44. The molecule has 0 aliphatic carbocycles. The van der Waals surface area contributed by atoms with Crippen molar-refractivity contribution < 1.29 is 0 Å². The van der Waals surface area contributed by atoms with Crippen molar-refractivity contribution in [2.24, 2.45) is 7.05 Å². The molecule has 0 saturated carbocycles. The number of aryl methyl sites for hydroxylation is 1. The second-order valence-corrected chi connectivity index (χ2v) is 6.84. The molecule has 0 spiro atoms. The maximum atomic E-state index is 12.0. The molecule has 0 N–H and O–H groups in total. The molecular weight excluding hydrogens is 274 g/mol. The molecule has 0 radical (unpaired) electrons. The predicted molar refractivity (Wildman–Crippen MR) is 82.6 cm³/mol. The lowest BCUT2D eigenvalue weighted by Gasteiger charge is -2.21. The number of nitrogens with zero attached hydrogens (tertiary/aromatic N) is 3. The fraction of sp³-hybridized carbons (Fsp3) is 0.533.